The molecule has 1 saturated heterocycles. The highest BCUT2D eigenvalue weighted by Crippen LogP contribution is 2.36. The van der Waals surface area contributed by atoms with Crippen molar-refractivity contribution in [1.29, 1.82) is 0 Å². The first-order valence-electron chi connectivity index (χ1n) is 8.97. The fourth-order valence-corrected chi connectivity index (χ4v) is 4.46. The second kappa shape index (κ2) is 9.37. The number of thioether (sulfide) groups is 1. The molecule has 2 heterocycles. The predicted octanol–water partition coefficient (Wildman–Crippen LogP) is 3.11. The molecular weight excluding hydrogens is 320 g/mol. The van der Waals surface area contributed by atoms with Gasteiger partial charge in [-0.15, -0.1) is 0 Å². The molecule has 6 heteroatoms. The number of nitrogens with one attached hydrogen (secondary N) is 2. The van der Waals surface area contributed by atoms with Gasteiger partial charge in [-0.1, -0.05) is 13.8 Å². The summed E-state index contributed by atoms with van der Waals surface area (Å²) in [7, 11) is 1.83. The number of guanidine groups is 1. The third-order valence-corrected chi connectivity index (χ3v) is 6.28. The zero-order chi connectivity index (χ0) is 17.4. The Hall–Kier alpha value is -1.14. The fourth-order valence-electron chi connectivity index (χ4n) is 3.22. The molecule has 0 aliphatic carbocycles. The molecule has 0 bridgehead atoms. The van der Waals surface area contributed by atoms with Crippen molar-refractivity contribution in [3.05, 3.63) is 24.2 Å². The van der Waals surface area contributed by atoms with Crippen molar-refractivity contribution in [3.63, 3.8) is 0 Å². The van der Waals surface area contributed by atoms with Gasteiger partial charge in [-0.25, -0.2) is 0 Å². The third-order valence-electron chi connectivity index (χ3n) is 4.74. The molecule has 1 aliphatic heterocycles. The van der Waals surface area contributed by atoms with Gasteiger partial charge in [-0.05, 0) is 50.7 Å². The first kappa shape index (κ1) is 19.2. The second-order valence-electron chi connectivity index (χ2n) is 6.46. The van der Waals surface area contributed by atoms with Gasteiger partial charge in [0.15, 0.2) is 5.96 Å². The number of aliphatic imine (C=N–C) groups is 1. The molecule has 2 unspecified atom stereocenters. The summed E-state index contributed by atoms with van der Waals surface area (Å²) in [6.07, 6.45) is 4.34. The SMILES string of the molecule is CCN(CC)C(CNC(=NC)NCC1(C)CCCS1)c1ccco1. The molecule has 0 amide bonds. The van der Waals surface area contributed by atoms with Gasteiger partial charge in [-0.3, -0.25) is 9.89 Å². The smallest absolute Gasteiger partial charge is 0.191 e. The van der Waals surface area contributed by atoms with Crippen LogP contribution in [0.25, 0.3) is 0 Å². The minimum Gasteiger partial charge on any atom is -0.468 e. The van der Waals surface area contributed by atoms with Crippen LogP contribution < -0.4 is 10.6 Å². The van der Waals surface area contributed by atoms with Gasteiger partial charge < -0.3 is 15.1 Å². The Bertz CT molecular complexity index is 493. The summed E-state index contributed by atoms with van der Waals surface area (Å²) in [5, 5.41) is 6.97. The number of hydrogen-bond acceptors (Lipinski definition) is 4. The van der Waals surface area contributed by atoms with Gasteiger partial charge in [0.25, 0.3) is 0 Å². The Kier molecular flexibility index (Phi) is 7.49. The Labute approximate surface area is 150 Å². The van der Waals surface area contributed by atoms with Crippen LogP contribution in [0.1, 0.15) is 45.4 Å². The average molecular weight is 353 g/mol. The van der Waals surface area contributed by atoms with Crippen molar-refractivity contribution in [1.82, 2.24) is 15.5 Å². The summed E-state index contributed by atoms with van der Waals surface area (Å²) in [5.41, 5.74) is 0. The first-order chi connectivity index (χ1) is 11.6. The number of hydrogen-bond donors (Lipinski definition) is 2. The molecule has 0 aromatic carbocycles. The summed E-state index contributed by atoms with van der Waals surface area (Å²) < 4.78 is 5.99. The maximum atomic E-state index is 5.66. The van der Waals surface area contributed by atoms with E-state index in [4.69, 9.17) is 4.42 Å². The largest absolute Gasteiger partial charge is 0.468 e. The number of furan rings is 1. The predicted molar refractivity (Wildman–Crippen MR) is 104 cm³/mol. The third kappa shape index (κ3) is 5.18. The van der Waals surface area contributed by atoms with Crippen LogP contribution in [-0.4, -0.2) is 54.6 Å². The number of rotatable bonds is 8. The highest BCUT2D eigenvalue weighted by Gasteiger charge is 2.29. The molecule has 5 nitrogen and oxygen atoms in total. The molecule has 1 aliphatic rings. The Morgan fingerprint density at radius 1 is 1.42 bits per heavy atom. The first-order valence-corrected chi connectivity index (χ1v) is 9.96. The lowest BCUT2D eigenvalue weighted by Gasteiger charge is -2.29. The average Bonchev–Trinajstić information content (AvgIpc) is 3.26. The van der Waals surface area contributed by atoms with E-state index >= 15 is 0 Å². The lowest BCUT2D eigenvalue weighted by molar-refractivity contribution is 0.193. The number of nitrogens with zero attached hydrogens (tertiary/aromatic N) is 2. The van der Waals surface area contributed by atoms with Crippen LogP contribution in [0.5, 0.6) is 0 Å². The van der Waals surface area contributed by atoms with Crippen LogP contribution in [0.3, 0.4) is 0 Å². The molecule has 1 aromatic rings. The molecule has 136 valence electrons. The molecule has 0 saturated carbocycles. The van der Waals surface area contributed by atoms with Crippen LogP contribution in [0.15, 0.2) is 27.8 Å². The van der Waals surface area contributed by atoms with E-state index in [0.717, 1.165) is 37.9 Å². The van der Waals surface area contributed by atoms with E-state index in [2.05, 4.69) is 59.1 Å². The minimum atomic E-state index is 0.213. The van der Waals surface area contributed by atoms with Crippen molar-refractivity contribution in [3.8, 4) is 0 Å². The zero-order valence-electron chi connectivity index (χ0n) is 15.5. The monoisotopic (exact) mass is 352 g/mol. The van der Waals surface area contributed by atoms with Crippen LogP contribution >= 0.6 is 11.8 Å². The van der Waals surface area contributed by atoms with Gasteiger partial charge in [-0.2, -0.15) is 11.8 Å². The maximum Gasteiger partial charge on any atom is 0.191 e. The van der Waals surface area contributed by atoms with Crippen molar-refractivity contribution < 1.29 is 4.42 Å². The summed E-state index contributed by atoms with van der Waals surface area (Å²) in [6.45, 7) is 10.4. The Morgan fingerprint density at radius 2 is 2.21 bits per heavy atom. The standard InChI is InChI=1S/C18H32N4OS/c1-5-22(6-2)15(16-9-7-11-23-16)13-20-17(19-4)21-14-18(3)10-8-12-24-18/h7,9,11,15H,5-6,8,10,12-14H2,1-4H3,(H2,19,20,21). The van der Waals surface area contributed by atoms with E-state index in [0.29, 0.717) is 4.75 Å². The van der Waals surface area contributed by atoms with Crippen LogP contribution in [0, 0.1) is 0 Å². The molecule has 1 aromatic heterocycles. The van der Waals surface area contributed by atoms with Gasteiger partial charge in [0.1, 0.15) is 5.76 Å². The maximum absolute atomic E-state index is 5.66. The summed E-state index contributed by atoms with van der Waals surface area (Å²) in [5.74, 6) is 3.14. The lowest BCUT2D eigenvalue weighted by atomic mass is 10.1. The van der Waals surface area contributed by atoms with Crippen molar-refractivity contribution in [2.24, 2.45) is 4.99 Å². The lowest BCUT2D eigenvalue weighted by Crippen LogP contribution is -2.46. The zero-order valence-corrected chi connectivity index (χ0v) is 16.3. The highest BCUT2D eigenvalue weighted by atomic mass is 32.2. The van der Waals surface area contributed by atoms with Crippen molar-refractivity contribution >= 4 is 17.7 Å². The molecule has 2 atom stereocenters. The van der Waals surface area contributed by atoms with Crippen molar-refractivity contribution in [2.75, 3.05) is 39.0 Å². The topological polar surface area (TPSA) is 52.8 Å². The Balaban J connectivity index is 1.91. The van der Waals surface area contributed by atoms with Gasteiger partial charge in [0.05, 0.1) is 12.3 Å². The van der Waals surface area contributed by atoms with Gasteiger partial charge in [0, 0.05) is 24.9 Å². The highest BCUT2D eigenvalue weighted by molar-refractivity contribution is 8.00. The second-order valence-corrected chi connectivity index (χ2v) is 8.14. The van der Waals surface area contributed by atoms with E-state index in [1.165, 1.54) is 18.6 Å². The van der Waals surface area contributed by atoms with E-state index in [1.54, 1.807) is 6.26 Å². The molecule has 0 radical (unpaired) electrons. The molecule has 2 rings (SSSR count). The summed E-state index contributed by atoms with van der Waals surface area (Å²) >= 11 is 2.06. The minimum absolute atomic E-state index is 0.213. The summed E-state index contributed by atoms with van der Waals surface area (Å²) in [6, 6.07) is 4.22. The van der Waals surface area contributed by atoms with Crippen LogP contribution in [0.2, 0.25) is 0 Å². The van der Waals surface area contributed by atoms with Crippen molar-refractivity contribution in [2.45, 2.75) is 44.4 Å². The summed E-state index contributed by atoms with van der Waals surface area (Å²) in [4.78, 5) is 6.78. The van der Waals surface area contributed by atoms with Gasteiger partial charge in [0.2, 0.25) is 0 Å². The molecule has 1 fully saturated rings. The quantitative estimate of drug-likeness (QED) is 0.556. The van der Waals surface area contributed by atoms with E-state index in [1.807, 2.05) is 13.1 Å². The molecular formula is C18H32N4OS. The molecule has 0 spiro atoms. The molecule has 24 heavy (non-hydrogen) atoms. The van der Waals surface area contributed by atoms with E-state index in [9.17, 15) is 0 Å². The van der Waals surface area contributed by atoms with Gasteiger partial charge >= 0.3 is 0 Å². The molecule has 2 N–H and O–H groups in total. The van der Waals surface area contributed by atoms with Crippen LogP contribution in [-0.2, 0) is 0 Å². The number of likely N-dealkylation sites (N-methyl/N-ethyl adjacent to an activating group) is 1. The van der Waals surface area contributed by atoms with E-state index in [-0.39, 0.29) is 6.04 Å². The van der Waals surface area contributed by atoms with E-state index < -0.39 is 0 Å². The Morgan fingerprint density at radius 3 is 2.75 bits per heavy atom. The van der Waals surface area contributed by atoms with Crippen LogP contribution in [0.4, 0.5) is 0 Å². The normalized spacial score (nSPS) is 22.8. The fraction of sp³-hybridized carbons (Fsp3) is 0.722.